The van der Waals surface area contributed by atoms with Crippen molar-refractivity contribution in [3.8, 4) is 0 Å². The molecule has 1 saturated heterocycles. The number of hydrogen-bond acceptors (Lipinski definition) is 3. The van der Waals surface area contributed by atoms with Crippen LogP contribution in [0.1, 0.15) is 45.2 Å². The molecule has 1 aliphatic heterocycles. The van der Waals surface area contributed by atoms with Crippen molar-refractivity contribution in [3.63, 3.8) is 0 Å². The minimum absolute atomic E-state index is 0.205. The Bertz CT molecular complexity index is 517. The zero-order valence-electron chi connectivity index (χ0n) is 14.4. The van der Waals surface area contributed by atoms with Crippen molar-refractivity contribution < 1.29 is 9.53 Å². The summed E-state index contributed by atoms with van der Waals surface area (Å²) >= 11 is 5.97. The number of rotatable bonds is 3. The molecule has 1 aliphatic rings. The van der Waals surface area contributed by atoms with E-state index in [0.717, 1.165) is 31.0 Å². The molecule has 0 bridgehead atoms. The molecule has 1 amide bonds. The van der Waals surface area contributed by atoms with Crippen molar-refractivity contribution >= 4 is 17.7 Å². The van der Waals surface area contributed by atoms with Gasteiger partial charge in [0.25, 0.3) is 0 Å². The monoisotopic (exact) mass is 338 g/mol. The van der Waals surface area contributed by atoms with E-state index in [9.17, 15) is 4.79 Å². The van der Waals surface area contributed by atoms with Gasteiger partial charge in [-0.2, -0.15) is 0 Å². The van der Waals surface area contributed by atoms with E-state index in [0.29, 0.717) is 5.92 Å². The Morgan fingerprint density at radius 2 is 1.83 bits per heavy atom. The fourth-order valence-corrected chi connectivity index (χ4v) is 3.21. The molecule has 4 nitrogen and oxygen atoms in total. The van der Waals surface area contributed by atoms with Gasteiger partial charge in [0.05, 0.1) is 0 Å². The number of nitrogens with zero attached hydrogens (tertiary/aromatic N) is 1. The predicted molar refractivity (Wildman–Crippen MR) is 93.8 cm³/mol. The van der Waals surface area contributed by atoms with Crippen molar-refractivity contribution in [1.29, 1.82) is 0 Å². The number of amides is 1. The average molecular weight is 339 g/mol. The van der Waals surface area contributed by atoms with E-state index in [1.54, 1.807) is 0 Å². The van der Waals surface area contributed by atoms with Crippen LogP contribution in [-0.4, -0.2) is 36.7 Å². The lowest BCUT2D eigenvalue weighted by atomic mass is 9.85. The van der Waals surface area contributed by atoms with E-state index in [2.05, 4.69) is 17.4 Å². The Morgan fingerprint density at radius 3 is 2.30 bits per heavy atom. The van der Waals surface area contributed by atoms with Gasteiger partial charge < -0.3 is 15.0 Å². The second kappa shape index (κ2) is 7.54. The molecule has 0 aromatic heterocycles. The van der Waals surface area contributed by atoms with E-state index in [1.165, 1.54) is 5.56 Å². The Kier molecular flexibility index (Phi) is 5.93. The van der Waals surface area contributed by atoms with Crippen LogP contribution in [0.5, 0.6) is 0 Å². The third-order valence-electron chi connectivity index (χ3n) is 4.20. The first kappa shape index (κ1) is 18.1. The summed E-state index contributed by atoms with van der Waals surface area (Å²) in [4.78, 5) is 14.0. The van der Waals surface area contributed by atoms with Crippen molar-refractivity contribution in [2.24, 2.45) is 5.92 Å². The van der Waals surface area contributed by atoms with E-state index in [1.807, 2.05) is 44.9 Å². The molecule has 128 valence electrons. The lowest BCUT2D eigenvalue weighted by Gasteiger charge is -2.36. The lowest BCUT2D eigenvalue weighted by Crippen LogP contribution is -2.43. The van der Waals surface area contributed by atoms with E-state index in [4.69, 9.17) is 16.3 Å². The number of hydrogen-bond donors (Lipinski definition) is 1. The summed E-state index contributed by atoms with van der Waals surface area (Å²) in [5.41, 5.74) is 0.803. The van der Waals surface area contributed by atoms with Gasteiger partial charge in [-0.05, 0) is 64.3 Å². The van der Waals surface area contributed by atoms with Crippen LogP contribution >= 0.6 is 11.6 Å². The molecule has 1 aromatic carbocycles. The van der Waals surface area contributed by atoms with Gasteiger partial charge in [-0.25, -0.2) is 4.79 Å². The number of nitrogens with one attached hydrogen (secondary N) is 1. The number of ether oxygens (including phenoxy) is 1. The summed E-state index contributed by atoms with van der Waals surface area (Å²) in [5.74, 6) is 0.500. The molecule has 0 aliphatic carbocycles. The van der Waals surface area contributed by atoms with Gasteiger partial charge in [0, 0.05) is 24.2 Å². The Balaban J connectivity index is 1.94. The van der Waals surface area contributed by atoms with Crippen LogP contribution in [0.4, 0.5) is 4.79 Å². The molecule has 1 aromatic rings. The normalized spacial score (nSPS) is 17.9. The van der Waals surface area contributed by atoms with Crippen LogP contribution in [0.15, 0.2) is 24.3 Å². The van der Waals surface area contributed by atoms with Gasteiger partial charge in [-0.15, -0.1) is 0 Å². The smallest absolute Gasteiger partial charge is 0.410 e. The molecule has 0 spiro atoms. The number of halogens is 1. The highest BCUT2D eigenvalue weighted by atomic mass is 35.5. The first-order chi connectivity index (χ1) is 10.8. The Morgan fingerprint density at radius 1 is 1.26 bits per heavy atom. The van der Waals surface area contributed by atoms with Crippen molar-refractivity contribution in [2.75, 3.05) is 20.1 Å². The van der Waals surface area contributed by atoms with Crippen LogP contribution < -0.4 is 5.32 Å². The molecule has 0 radical (unpaired) electrons. The summed E-state index contributed by atoms with van der Waals surface area (Å²) in [6.45, 7) is 7.18. The van der Waals surface area contributed by atoms with E-state index < -0.39 is 5.60 Å². The van der Waals surface area contributed by atoms with Crippen molar-refractivity contribution in [3.05, 3.63) is 34.9 Å². The quantitative estimate of drug-likeness (QED) is 0.895. The maximum absolute atomic E-state index is 12.1. The largest absolute Gasteiger partial charge is 0.444 e. The lowest BCUT2D eigenvalue weighted by molar-refractivity contribution is 0.0170. The van der Waals surface area contributed by atoms with Gasteiger partial charge in [0.1, 0.15) is 5.60 Å². The van der Waals surface area contributed by atoms with E-state index in [-0.39, 0.29) is 12.1 Å². The maximum Gasteiger partial charge on any atom is 0.410 e. The fraction of sp³-hybridized carbons (Fsp3) is 0.611. The maximum atomic E-state index is 12.1. The molecule has 2 rings (SSSR count). The molecular formula is C18H27ClN2O2. The zero-order valence-corrected chi connectivity index (χ0v) is 15.2. The minimum atomic E-state index is -0.440. The summed E-state index contributed by atoms with van der Waals surface area (Å²) in [5, 5.41) is 4.17. The highest BCUT2D eigenvalue weighted by molar-refractivity contribution is 6.30. The van der Waals surface area contributed by atoms with Gasteiger partial charge in [0.2, 0.25) is 0 Å². The Hall–Kier alpha value is -1.26. The molecule has 0 saturated carbocycles. The molecular weight excluding hydrogens is 312 g/mol. The van der Waals surface area contributed by atoms with Crippen LogP contribution in [-0.2, 0) is 4.74 Å². The van der Waals surface area contributed by atoms with Gasteiger partial charge in [0.15, 0.2) is 0 Å². The standard InChI is InChI=1S/C18H27ClN2O2/c1-18(2,3)23-17(22)21-11-9-14(10-12-21)16(20-4)13-5-7-15(19)8-6-13/h5-8,14,16,20H,9-12H2,1-4H3. The summed E-state index contributed by atoms with van der Waals surface area (Å²) in [7, 11) is 1.99. The van der Waals surface area contributed by atoms with E-state index >= 15 is 0 Å². The van der Waals surface area contributed by atoms with Crippen LogP contribution in [0, 0.1) is 5.92 Å². The third-order valence-corrected chi connectivity index (χ3v) is 4.45. The third kappa shape index (κ3) is 5.11. The average Bonchev–Trinajstić information content (AvgIpc) is 2.49. The van der Waals surface area contributed by atoms with Crippen LogP contribution in [0.3, 0.4) is 0 Å². The number of benzene rings is 1. The van der Waals surface area contributed by atoms with Gasteiger partial charge >= 0.3 is 6.09 Å². The second-order valence-corrected chi connectivity index (χ2v) is 7.56. The van der Waals surface area contributed by atoms with Gasteiger partial charge in [-0.3, -0.25) is 0 Å². The number of likely N-dealkylation sites (tertiary alicyclic amines) is 1. The number of carbonyl (C=O) groups excluding carboxylic acids is 1. The summed E-state index contributed by atoms with van der Waals surface area (Å²) < 4.78 is 5.45. The van der Waals surface area contributed by atoms with Crippen LogP contribution in [0.25, 0.3) is 0 Å². The molecule has 1 unspecified atom stereocenters. The van der Waals surface area contributed by atoms with Crippen molar-refractivity contribution in [1.82, 2.24) is 10.2 Å². The first-order valence-corrected chi connectivity index (χ1v) is 8.58. The highest BCUT2D eigenvalue weighted by Crippen LogP contribution is 2.31. The molecule has 1 N–H and O–H groups in total. The van der Waals surface area contributed by atoms with Crippen LogP contribution in [0.2, 0.25) is 5.02 Å². The molecule has 1 heterocycles. The zero-order chi connectivity index (χ0) is 17.0. The fourth-order valence-electron chi connectivity index (χ4n) is 3.09. The Labute approximate surface area is 144 Å². The minimum Gasteiger partial charge on any atom is -0.444 e. The predicted octanol–water partition coefficient (Wildman–Crippen LogP) is 4.25. The summed E-state index contributed by atoms with van der Waals surface area (Å²) in [6, 6.07) is 8.29. The first-order valence-electron chi connectivity index (χ1n) is 8.21. The van der Waals surface area contributed by atoms with Gasteiger partial charge in [-0.1, -0.05) is 23.7 Å². The second-order valence-electron chi connectivity index (χ2n) is 7.12. The summed E-state index contributed by atoms with van der Waals surface area (Å²) in [6.07, 6.45) is 1.73. The molecule has 5 heteroatoms. The molecule has 23 heavy (non-hydrogen) atoms. The number of carbonyl (C=O) groups is 1. The highest BCUT2D eigenvalue weighted by Gasteiger charge is 2.30. The molecule has 1 atom stereocenters. The number of piperidine rings is 1. The SMILES string of the molecule is CNC(c1ccc(Cl)cc1)C1CCN(C(=O)OC(C)(C)C)CC1. The van der Waals surface area contributed by atoms with Crippen molar-refractivity contribution in [2.45, 2.75) is 45.3 Å². The topological polar surface area (TPSA) is 41.6 Å². The molecule has 1 fully saturated rings.